The molecule has 5 aliphatic rings. The normalized spacial score (nSPS) is 27.8. The Bertz CT molecular complexity index is 2140. The monoisotopic (exact) mass is 684 g/mol. The number of carbonyl (C=O) groups is 3. The van der Waals surface area contributed by atoms with Gasteiger partial charge in [0.15, 0.2) is 34.4 Å². The van der Waals surface area contributed by atoms with Gasteiger partial charge in [0.1, 0.15) is 22.8 Å². The van der Waals surface area contributed by atoms with E-state index in [1.807, 2.05) is 0 Å². The Morgan fingerprint density at radius 3 is 2.34 bits per heavy atom. The lowest BCUT2D eigenvalue weighted by Crippen LogP contribution is -2.68. The number of aromatic hydroxyl groups is 1. The topological polar surface area (TPSA) is 219 Å². The number of ether oxygens (including phenoxy) is 4. The van der Waals surface area contributed by atoms with Gasteiger partial charge in [0.25, 0.3) is 5.91 Å². The van der Waals surface area contributed by atoms with Crippen molar-refractivity contribution in [2.75, 3.05) is 27.7 Å². The van der Waals surface area contributed by atoms with Crippen molar-refractivity contribution in [3.05, 3.63) is 76.3 Å². The Morgan fingerprint density at radius 1 is 0.920 bits per heavy atom. The van der Waals surface area contributed by atoms with Gasteiger partial charge in [-0.2, -0.15) is 0 Å². The fourth-order valence-electron chi connectivity index (χ4n) is 8.42. The van der Waals surface area contributed by atoms with Gasteiger partial charge >= 0.3 is 0 Å². The van der Waals surface area contributed by atoms with Crippen molar-refractivity contribution >= 4 is 17.5 Å². The number of Topliss-reactive ketones (excluding diaryl/α,β-unsaturated/α-hetero) is 2. The minimum Gasteiger partial charge on any atom is -0.510 e. The Kier molecular flexibility index (Phi) is 6.79. The minimum absolute atomic E-state index is 0.0105. The molecule has 6 atom stereocenters. The van der Waals surface area contributed by atoms with Crippen LogP contribution in [0.15, 0.2) is 65.1 Å². The van der Waals surface area contributed by atoms with Crippen LogP contribution in [0.3, 0.4) is 0 Å². The molecule has 3 aromatic carbocycles. The van der Waals surface area contributed by atoms with Gasteiger partial charge in [-0.25, -0.2) is 0 Å². The maximum Gasteiger partial charge on any atom is 0.255 e. The van der Waals surface area contributed by atoms with Crippen LogP contribution in [0.2, 0.25) is 0 Å². The summed E-state index contributed by atoms with van der Waals surface area (Å²) in [7, 11) is 2.96. The Balaban J connectivity index is 1.42. The number of benzene rings is 3. The third-order valence-electron chi connectivity index (χ3n) is 10.6. The lowest BCUT2D eigenvalue weighted by molar-refractivity contribution is -0.162. The number of phenols is 1. The van der Waals surface area contributed by atoms with Crippen LogP contribution < -0.4 is 24.7 Å². The van der Waals surface area contributed by atoms with Crippen LogP contribution in [0.5, 0.6) is 28.7 Å². The molecule has 0 saturated carbocycles. The maximum absolute atomic E-state index is 14.8. The van der Waals surface area contributed by atoms with Crippen LogP contribution in [0.25, 0.3) is 22.3 Å². The first-order valence-electron chi connectivity index (χ1n) is 15.8. The molecule has 0 unspecified atom stereocenters. The van der Waals surface area contributed by atoms with Gasteiger partial charge in [0.05, 0.1) is 23.6 Å². The number of nitrogens with zero attached hydrogens (tertiary/aromatic N) is 1. The molecular weight excluding hydrogens is 652 g/mol. The molecule has 1 amide bonds. The summed E-state index contributed by atoms with van der Waals surface area (Å²) in [6.45, 7) is 1.63. The summed E-state index contributed by atoms with van der Waals surface area (Å²) in [6, 6.07) is 10.6. The first kappa shape index (κ1) is 31.7. The molecule has 258 valence electrons. The third-order valence-corrected chi connectivity index (χ3v) is 10.6. The van der Waals surface area contributed by atoms with Gasteiger partial charge < -0.3 is 50.2 Å². The van der Waals surface area contributed by atoms with E-state index >= 15 is 0 Å². The van der Waals surface area contributed by atoms with E-state index in [-0.39, 0.29) is 24.7 Å². The number of likely N-dealkylation sites (N-methyl/N-ethyl adjacent to an activating group) is 1. The summed E-state index contributed by atoms with van der Waals surface area (Å²) >= 11 is 0. The van der Waals surface area contributed by atoms with Crippen LogP contribution in [0.4, 0.5) is 0 Å². The summed E-state index contributed by atoms with van der Waals surface area (Å²) in [5.74, 6) is -8.23. The number of para-hydroxylation sites is 1. The summed E-state index contributed by atoms with van der Waals surface area (Å²) in [5, 5.41) is 59.3. The van der Waals surface area contributed by atoms with Crippen molar-refractivity contribution in [3.8, 4) is 51.0 Å². The standard InChI is InChI=1S/C36H32N2O12/c1-13-21-16(14-7-8-18-20(9-14)49-11-47-18)10-17(15-5-4-6-19-32(15)50-12-48-19)28(39)23(21)29(40)24-22(13)30(41)26-27(38(2)3)31(42)25(35(37)45)34(44)36(26,46)33(24)43/h4-10,13,22,26-27,30,39,41-43,46H,11-12H2,1-3H3,(H2,37,45)/t13-,22+,26+,27-,30-,36-/m0/s1. The molecule has 0 spiro atoms. The fourth-order valence-corrected chi connectivity index (χ4v) is 8.42. The summed E-state index contributed by atoms with van der Waals surface area (Å²) in [6.07, 6.45) is -1.75. The molecule has 0 bridgehead atoms. The second-order valence-electron chi connectivity index (χ2n) is 13.3. The molecule has 7 N–H and O–H groups in total. The molecule has 8 rings (SSSR count). The highest BCUT2D eigenvalue weighted by Gasteiger charge is 2.67. The van der Waals surface area contributed by atoms with Gasteiger partial charge in [-0.15, -0.1) is 0 Å². The molecule has 14 nitrogen and oxygen atoms in total. The van der Waals surface area contributed by atoms with Crippen LogP contribution in [-0.4, -0.2) is 93.3 Å². The number of primary amides is 1. The second-order valence-corrected chi connectivity index (χ2v) is 13.3. The Hall–Kier alpha value is -5.57. The summed E-state index contributed by atoms with van der Waals surface area (Å²) in [5.41, 5.74) is 2.61. The summed E-state index contributed by atoms with van der Waals surface area (Å²) in [4.78, 5) is 42.4. The number of aliphatic hydroxyl groups is 4. The number of phenolic OH excluding ortho intramolecular Hbond substituents is 1. The summed E-state index contributed by atoms with van der Waals surface area (Å²) < 4.78 is 22.4. The van der Waals surface area contributed by atoms with E-state index in [1.165, 1.54) is 19.0 Å². The van der Waals surface area contributed by atoms with Gasteiger partial charge in [0.2, 0.25) is 19.4 Å². The predicted molar refractivity (Wildman–Crippen MR) is 173 cm³/mol. The fraction of sp³-hybridized carbons (Fsp3) is 0.306. The number of fused-ring (bicyclic) bond motifs is 5. The molecule has 0 fully saturated rings. The van der Waals surface area contributed by atoms with E-state index in [0.29, 0.717) is 45.3 Å². The maximum atomic E-state index is 14.8. The number of hydrogen-bond donors (Lipinski definition) is 6. The van der Waals surface area contributed by atoms with E-state index in [0.717, 1.165) is 0 Å². The first-order valence-corrected chi connectivity index (χ1v) is 15.8. The van der Waals surface area contributed by atoms with Gasteiger partial charge in [-0.3, -0.25) is 19.3 Å². The minimum atomic E-state index is -3.04. The highest BCUT2D eigenvalue weighted by Crippen LogP contribution is 2.59. The quantitative estimate of drug-likeness (QED) is 0.218. The molecule has 2 aliphatic heterocycles. The molecule has 0 radical (unpaired) electrons. The Labute approximate surface area is 284 Å². The van der Waals surface area contributed by atoms with Crippen LogP contribution in [0.1, 0.15) is 28.8 Å². The smallest absolute Gasteiger partial charge is 0.255 e. The van der Waals surface area contributed by atoms with Crippen molar-refractivity contribution < 1.29 is 58.9 Å². The SMILES string of the molecule is C[C@H]1c2c(-c3ccc4c(c3)OCO4)cc(-c3cccc4c3OCO4)c(O)c2C(=O)C2=C(O)[C@]3(O)C(=O)C(C(N)=O)=C(O)[C@@H](N(C)C)[C@@H]3[C@@H](O)[C@@H]21. The van der Waals surface area contributed by atoms with E-state index in [4.69, 9.17) is 24.7 Å². The number of aliphatic hydroxyl groups excluding tert-OH is 3. The van der Waals surface area contributed by atoms with E-state index in [2.05, 4.69) is 0 Å². The second kappa shape index (κ2) is 10.7. The predicted octanol–water partition coefficient (Wildman–Crippen LogP) is 2.44. The Morgan fingerprint density at radius 2 is 1.62 bits per heavy atom. The number of amides is 1. The highest BCUT2D eigenvalue weighted by molar-refractivity contribution is 6.25. The van der Waals surface area contributed by atoms with Crippen molar-refractivity contribution in [2.24, 2.45) is 17.6 Å². The number of carbonyl (C=O) groups excluding carboxylic acids is 3. The van der Waals surface area contributed by atoms with E-state index in [1.54, 1.807) is 49.4 Å². The molecule has 2 heterocycles. The molecule has 14 heteroatoms. The average molecular weight is 685 g/mol. The zero-order valence-corrected chi connectivity index (χ0v) is 27.0. The van der Waals surface area contributed by atoms with Gasteiger partial charge in [-0.05, 0) is 61.0 Å². The molecule has 0 saturated heterocycles. The molecule has 50 heavy (non-hydrogen) atoms. The third kappa shape index (κ3) is 3.97. The largest absolute Gasteiger partial charge is 0.510 e. The zero-order chi connectivity index (χ0) is 35.5. The van der Waals surface area contributed by atoms with Crippen molar-refractivity contribution in [2.45, 2.75) is 30.6 Å². The van der Waals surface area contributed by atoms with Crippen LogP contribution in [0, 0.1) is 11.8 Å². The molecule has 3 aromatic rings. The molecule has 3 aliphatic carbocycles. The average Bonchev–Trinajstić information content (AvgIpc) is 3.76. The van der Waals surface area contributed by atoms with E-state index in [9.17, 15) is 39.9 Å². The van der Waals surface area contributed by atoms with E-state index < -0.39 is 81.4 Å². The van der Waals surface area contributed by atoms with Crippen molar-refractivity contribution in [1.29, 1.82) is 0 Å². The lowest BCUT2D eigenvalue weighted by atomic mass is 9.54. The molecular formula is C36H32N2O12. The number of ketones is 2. The first-order chi connectivity index (χ1) is 23.8. The van der Waals surface area contributed by atoms with Gasteiger partial charge in [0, 0.05) is 22.6 Å². The van der Waals surface area contributed by atoms with Crippen LogP contribution >= 0.6 is 0 Å². The zero-order valence-electron chi connectivity index (χ0n) is 27.0. The number of hydrogen-bond acceptors (Lipinski definition) is 13. The number of rotatable bonds is 4. The number of nitrogens with two attached hydrogens (primary N) is 1. The lowest BCUT2D eigenvalue weighted by Gasteiger charge is -2.53. The molecule has 0 aromatic heterocycles. The highest BCUT2D eigenvalue weighted by atomic mass is 16.7. The van der Waals surface area contributed by atoms with Gasteiger partial charge in [-0.1, -0.05) is 25.1 Å². The van der Waals surface area contributed by atoms with Crippen LogP contribution in [-0.2, 0) is 9.59 Å². The van der Waals surface area contributed by atoms with Crippen molar-refractivity contribution in [3.63, 3.8) is 0 Å². The van der Waals surface area contributed by atoms with Crippen molar-refractivity contribution in [1.82, 2.24) is 4.90 Å².